The van der Waals surface area contributed by atoms with E-state index in [0.717, 1.165) is 51.8 Å². The van der Waals surface area contributed by atoms with Gasteiger partial charge in [0.05, 0.1) is 6.54 Å². The van der Waals surface area contributed by atoms with Crippen LogP contribution in [0, 0.1) is 0 Å². The molecule has 1 aliphatic heterocycles. The van der Waals surface area contributed by atoms with Gasteiger partial charge in [-0.1, -0.05) is 18.2 Å². The standard InChI is InChI=1S/C18H31N5/c1-4-19-18(20-5-2)21-15-16(3)22-11-13-23(14-12-22)17-9-7-6-8-10-17/h6-10,16H,4-5,11-15H2,1-3H3,(H2,19,20,21). The van der Waals surface area contributed by atoms with Gasteiger partial charge < -0.3 is 15.5 Å². The number of piperazine rings is 1. The van der Waals surface area contributed by atoms with E-state index in [2.05, 4.69) is 71.5 Å². The number of hydrogen-bond acceptors (Lipinski definition) is 3. The van der Waals surface area contributed by atoms with Gasteiger partial charge >= 0.3 is 0 Å². The second-order valence-corrected chi connectivity index (χ2v) is 5.96. The van der Waals surface area contributed by atoms with Crippen LogP contribution in [0.2, 0.25) is 0 Å². The fourth-order valence-electron chi connectivity index (χ4n) is 2.91. The van der Waals surface area contributed by atoms with Gasteiger partial charge in [-0.05, 0) is 32.9 Å². The SMILES string of the molecule is CCNC(=NCC(C)N1CCN(c2ccccc2)CC1)NCC. The van der Waals surface area contributed by atoms with E-state index in [4.69, 9.17) is 4.99 Å². The average Bonchev–Trinajstić information content (AvgIpc) is 2.61. The fourth-order valence-corrected chi connectivity index (χ4v) is 2.91. The quantitative estimate of drug-likeness (QED) is 0.620. The summed E-state index contributed by atoms with van der Waals surface area (Å²) in [5.41, 5.74) is 1.33. The highest BCUT2D eigenvalue weighted by Gasteiger charge is 2.21. The maximum absolute atomic E-state index is 4.69. The number of rotatable bonds is 6. The van der Waals surface area contributed by atoms with Crippen molar-refractivity contribution in [1.82, 2.24) is 15.5 Å². The first-order chi connectivity index (χ1) is 11.2. The molecule has 5 nitrogen and oxygen atoms in total. The Bertz CT molecular complexity index is 458. The molecule has 23 heavy (non-hydrogen) atoms. The van der Waals surface area contributed by atoms with Gasteiger partial charge in [0, 0.05) is 51.0 Å². The van der Waals surface area contributed by atoms with E-state index in [0.29, 0.717) is 6.04 Å². The minimum absolute atomic E-state index is 0.472. The number of para-hydroxylation sites is 1. The Balaban J connectivity index is 1.81. The lowest BCUT2D eigenvalue weighted by Crippen LogP contribution is -2.50. The normalized spacial score (nSPS) is 16.7. The van der Waals surface area contributed by atoms with Crippen LogP contribution in [0.3, 0.4) is 0 Å². The van der Waals surface area contributed by atoms with Crippen molar-refractivity contribution >= 4 is 11.6 Å². The topological polar surface area (TPSA) is 42.9 Å². The minimum Gasteiger partial charge on any atom is -0.369 e. The minimum atomic E-state index is 0.472. The lowest BCUT2D eigenvalue weighted by atomic mass is 10.2. The lowest BCUT2D eigenvalue weighted by Gasteiger charge is -2.38. The van der Waals surface area contributed by atoms with Crippen LogP contribution < -0.4 is 15.5 Å². The largest absolute Gasteiger partial charge is 0.369 e. The van der Waals surface area contributed by atoms with Gasteiger partial charge in [-0.25, -0.2) is 0 Å². The van der Waals surface area contributed by atoms with Crippen molar-refractivity contribution in [2.24, 2.45) is 4.99 Å². The highest BCUT2D eigenvalue weighted by Crippen LogP contribution is 2.16. The molecule has 128 valence electrons. The second-order valence-electron chi connectivity index (χ2n) is 5.96. The molecule has 0 amide bonds. The third-order valence-electron chi connectivity index (χ3n) is 4.26. The van der Waals surface area contributed by atoms with E-state index in [9.17, 15) is 0 Å². The molecule has 1 atom stereocenters. The molecule has 5 heteroatoms. The predicted octanol–water partition coefficient (Wildman–Crippen LogP) is 1.77. The van der Waals surface area contributed by atoms with Crippen LogP contribution in [0.4, 0.5) is 5.69 Å². The lowest BCUT2D eigenvalue weighted by molar-refractivity contribution is 0.201. The molecule has 0 spiro atoms. The molecule has 1 aromatic rings. The van der Waals surface area contributed by atoms with Crippen molar-refractivity contribution in [2.45, 2.75) is 26.8 Å². The number of guanidine groups is 1. The van der Waals surface area contributed by atoms with Gasteiger partial charge in [0.25, 0.3) is 0 Å². The van der Waals surface area contributed by atoms with Crippen LogP contribution in [0.1, 0.15) is 20.8 Å². The molecule has 0 saturated carbocycles. The molecule has 2 N–H and O–H groups in total. The molecule has 1 fully saturated rings. The first kappa shape index (κ1) is 17.6. The molecule has 0 bridgehead atoms. The molecule has 2 rings (SSSR count). The van der Waals surface area contributed by atoms with Crippen LogP contribution >= 0.6 is 0 Å². The van der Waals surface area contributed by atoms with E-state index < -0.39 is 0 Å². The van der Waals surface area contributed by atoms with Gasteiger partial charge in [-0.3, -0.25) is 9.89 Å². The third-order valence-corrected chi connectivity index (χ3v) is 4.26. The summed E-state index contributed by atoms with van der Waals surface area (Å²) in [5, 5.41) is 6.57. The molecule has 1 saturated heterocycles. The van der Waals surface area contributed by atoms with Crippen LogP contribution in [-0.4, -0.2) is 62.7 Å². The first-order valence-electron chi connectivity index (χ1n) is 8.80. The zero-order chi connectivity index (χ0) is 16.5. The van der Waals surface area contributed by atoms with Crippen LogP contribution in [0.15, 0.2) is 35.3 Å². The first-order valence-corrected chi connectivity index (χ1v) is 8.80. The summed E-state index contributed by atoms with van der Waals surface area (Å²) in [6.07, 6.45) is 0. The molecule has 0 aliphatic carbocycles. The van der Waals surface area contributed by atoms with Gasteiger partial charge in [-0.2, -0.15) is 0 Å². The summed E-state index contributed by atoms with van der Waals surface area (Å²) in [4.78, 5) is 9.70. The highest BCUT2D eigenvalue weighted by molar-refractivity contribution is 5.79. The van der Waals surface area contributed by atoms with E-state index in [1.54, 1.807) is 0 Å². The van der Waals surface area contributed by atoms with Crippen molar-refractivity contribution in [1.29, 1.82) is 0 Å². The molecule has 1 heterocycles. The number of aliphatic imine (C=N–C) groups is 1. The molecule has 1 unspecified atom stereocenters. The summed E-state index contributed by atoms with van der Waals surface area (Å²) < 4.78 is 0. The maximum Gasteiger partial charge on any atom is 0.191 e. The van der Waals surface area contributed by atoms with Gasteiger partial charge in [0.2, 0.25) is 0 Å². The Morgan fingerprint density at radius 2 is 1.65 bits per heavy atom. The smallest absolute Gasteiger partial charge is 0.191 e. The van der Waals surface area contributed by atoms with Gasteiger partial charge in [0.1, 0.15) is 0 Å². The van der Waals surface area contributed by atoms with Crippen molar-refractivity contribution in [3.05, 3.63) is 30.3 Å². The maximum atomic E-state index is 4.69. The summed E-state index contributed by atoms with van der Waals surface area (Å²) in [6.45, 7) is 13.5. The van der Waals surface area contributed by atoms with Crippen LogP contribution in [0.25, 0.3) is 0 Å². The summed E-state index contributed by atoms with van der Waals surface area (Å²) in [6, 6.07) is 11.2. The molecule has 1 aliphatic rings. The molecular formula is C18H31N5. The van der Waals surface area contributed by atoms with Gasteiger partial charge in [-0.15, -0.1) is 0 Å². The summed E-state index contributed by atoms with van der Waals surface area (Å²) >= 11 is 0. The monoisotopic (exact) mass is 317 g/mol. The third kappa shape index (κ3) is 5.43. The number of nitrogens with zero attached hydrogens (tertiary/aromatic N) is 3. The van der Waals surface area contributed by atoms with E-state index in [-0.39, 0.29) is 0 Å². The number of benzene rings is 1. The Morgan fingerprint density at radius 1 is 1.04 bits per heavy atom. The number of anilines is 1. The predicted molar refractivity (Wildman–Crippen MR) is 99.3 cm³/mol. The van der Waals surface area contributed by atoms with E-state index in [1.165, 1.54) is 5.69 Å². The average molecular weight is 317 g/mol. The Morgan fingerprint density at radius 3 is 2.22 bits per heavy atom. The van der Waals surface area contributed by atoms with E-state index >= 15 is 0 Å². The molecule has 0 aromatic heterocycles. The Kier molecular flexibility index (Phi) is 7.20. The zero-order valence-electron chi connectivity index (χ0n) is 14.8. The Hall–Kier alpha value is -1.75. The fraction of sp³-hybridized carbons (Fsp3) is 0.611. The molecule has 0 radical (unpaired) electrons. The highest BCUT2D eigenvalue weighted by atomic mass is 15.3. The van der Waals surface area contributed by atoms with Gasteiger partial charge in [0.15, 0.2) is 5.96 Å². The Labute approximate surface area is 140 Å². The second kappa shape index (κ2) is 9.40. The zero-order valence-corrected chi connectivity index (χ0v) is 14.8. The number of hydrogen-bond donors (Lipinski definition) is 2. The van der Waals surface area contributed by atoms with Crippen LogP contribution in [-0.2, 0) is 0 Å². The van der Waals surface area contributed by atoms with Crippen molar-refractivity contribution in [2.75, 3.05) is 50.7 Å². The molecular weight excluding hydrogens is 286 g/mol. The summed E-state index contributed by atoms with van der Waals surface area (Å²) in [7, 11) is 0. The van der Waals surface area contributed by atoms with Crippen molar-refractivity contribution < 1.29 is 0 Å². The van der Waals surface area contributed by atoms with Crippen molar-refractivity contribution in [3.63, 3.8) is 0 Å². The summed E-state index contributed by atoms with van der Waals surface area (Å²) in [5.74, 6) is 0.921. The molecule has 1 aromatic carbocycles. The van der Waals surface area contributed by atoms with E-state index in [1.807, 2.05) is 0 Å². The van der Waals surface area contributed by atoms with Crippen LogP contribution in [0.5, 0.6) is 0 Å². The number of nitrogens with one attached hydrogen (secondary N) is 2. The van der Waals surface area contributed by atoms with Crippen molar-refractivity contribution in [3.8, 4) is 0 Å².